The zero-order chi connectivity index (χ0) is 13.5. The number of anilines is 1. The SMILES string of the molecule is CC=O.CNc1cccc2c(S([NH-])=O)cccc12.[W]. The van der Waals surface area contributed by atoms with Gasteiger partial charge in [0.2, 0.25) is 0 Å². The van der Waals surface area contributed by atoms with E-state index in [0.29, 0.717) is 4.90 Å². The zero-order valence-electron chi connectivity index (χ0n) is 10.7. The van der Waals surface area contributed by atoms with E-state index in [9.17, 15) is 4.21 Å². The Bertz CT molecular complexity index is 576. The molecule has 2 rings (SSSR count). The van der Waals surface area contributed by atoms with E-state index in [4.69, 9.17) is 9.93 Å². The average molecular weight is 447 g/mol. The average Bonchev–Trinajstić information content (AvgIpc) is 2.38. The molecule has 102 valence electrons. The van der Waals surface area contributed by atoms with Crippen molar-refractivity contribution in [2.45, 2.75) is 11.8 Å². The van der Waals surface area contributed by atoms with Gasteiger partial charge in [-0.15, -0.1) is 0 Å². The maximum atomic E-state index is 11.2. The predicted molar refractivity (Wildman–Crippen MR) is 76.0 cm³/mol. The van der Waals surface area contributed by atoms with Crippen LogP contribution in [0.5, 0.6) is 0 Å². The molecule has 0 spiro atoms. The second kappa shape index (κ2) is 8.97. The summed E-state index contributed by atoms with van der Waals surface area (Å²) in [7, 11) is 0.155. The van der Waals surface area contributed by atoms with E-state index >= 15 is 0 Å². The molecule has 2 aromatic rings. The fourth-order valence-electron chi connectivity index (χ4n) is 1.66. The van der Waals surface area contributed by atoms with Crippen molar-refractivity contribution in [3.8, 4) is 0 Å². The van der Waals surface area contributed by atoms with E-state index in [1.54, 1.807) is 6.07 Å². The second-order valence-corrected chi connectivity index (χ2v) is 4.39. The van der Waals surface area contributed by atoms with Crippen molar-refractivity contribution >= 4 is 33.7 Å². The summed E-state index contributed by atoms with van der Waals surface area (Å²) >= 11 is 0. The summed E-state index contributed by atoms with van der Waals surface area (Å²) in [6.07, 6.45) is 0.750. The Hall–Kier alpha value is -1.03. The number of benzene rings is 2. The summed E-state index contributed by atoms with van der Waals surface area (Å²) in [5.74, 6) is 0. The van der Waals surface area contributed by atoms with Gasteiger partial charge in [0.05, 0.1) is 0 Å². The minimum Gasteiger partial charge on any atom is -0.587 e. The Morgan fingerprint density at radius 3 is 2.21 bits per heavy atom. The van der Waals surface area contributed by atoms with Crippen LogP contribution < -0.4 is 5.32 Å². The van der Waals surface area contributed by atoms with E-state index in [2.05, 4.69) is 5.32 Å². The summed E-state index contributed by atoms with van der Waals surface area (Å²) < 4.78 is 11.2. The number of carbonyl (C=O) groups excluding carboxylic acids is 1. The van der Waals surface area contributed by atoms with Crippen LogP contribution in [-0.2, 0) is 36.8 Å². The van der Waals surface area contributed by atoms with Crippen LogP contribution in [0.3, 0.4) is 0 Å². The molecule has 0 fully saturated rings. The van der Waals surface area contributed by atoms with Crippen LogP contribution in [0.15, 0.2) is 41.3 Å². The molecule has 0 amide bonds. The number of rotatable bonds is 2. The summed E-state index contributed by atoms with van der Waals surface area (Å²) in [5.41, 5.74) is 0.986. The van der Waals surface area contributed by atoms with E-state index in [-0.39, 0.29) is 21.1 Å². The summed E-state index contributed by atoms with van der Waals surface area (Å²) in [6, 6.07) is 11.2. The van der Waals surface area contributed by atoms with Gasteiger partial charge < -0.3 is 15.3 Å². The molecule has 0 aliphatic rings. The van der Waals surface area contributed by atoms with Gasteiger partial charge in [0.15, 0.2) is 0 Å². The van der Waals surface area contributed by atoms with Gasteiger partial charge in [0, 0.05) is 44.1 Å². The molecule has 0 saturated carbocycles. The molecule has 0 aliphatic heterocycles. The molecule has 0 saturated heterocycles. The predicted octanol–water partition coefficient (Wildman–Crippen LogP) is 3.16. The van der Waals surface area contributed by atoms with Gasteiger partial charge in [0.1, 0.15) is 6.29 Å². The van der Waals surface area contributed by atoms with Gasteiger partial charge in [-0.3, -0.25) is 4.21 Å². The number of aldehydes is 1. The zero-order valence-corrected chi connectivity index (χ0v) is 14.4. The van der Waals surface area contributed by atoms with E-state index in [0.717, 1.165) is 22.7 Å². The molecule has 6 heteroatoms. The first-order valence-electron chi connectivity index (χ1n) is 5.38. The Morgan fingerprint density at radius 2 is 1.68 bits per heavy atom. The molecule has 0 aliphatic carbocycles. The third-order valence-corrected chi connectivity index (χ3v) is 3.11. The molecule has 4 nitrogen and oxygen atoms in total. The van der Waals surface area contributed by atoms with Crippen LogP contribution in [0.2, 0.25) is 0 Å². The first-order valence-corrected chi connectivity index (χ1v) is 6.53. The topological polar surface area (TPSA) is 70.0 Å². The Labute approximate surface area is 129 Å². The largest absolute Gasteiger partial charge is 0.587 e. The van der Waals surface area contributed by atoms with Gasteiger partial charge in [0.25, 0.3) is 0 Å². The molecule has 0 heterocycles. The molecule has 2 N–H and O–H groups in total. The maximum absolute atomic E-state index is 11.2. The van der Waals surface area contributed by atoms with Gasteiger partial charge in [-0.25, -0.2) is 0 Å². The van der Waals surface area contributed by atoms with Crippen LogP contribution >= 0.6 is 0 Å². The molecule has 1 unspecified atom stereocenters. The maximum Gasteiger partial charge on any atom is 0.116 e. The fourth-order valence-corrected chi connectivity index (χ4v) is 2.24. The minimum atomic E-state index is -1.69. The van der Waals surface area contributed by atoms with Crippen molar-refractivity contribution < 1.29 is 30.1 Å². The van der Waals surface area contributed by atoms with Gasteiger partial charge in [-0.05, 0) is 35.4 Å². The normalized spacial score (nSPS) is 10.7. The minimum absolute atomic E-state index is 0. The van der Waals surface area contributed by atoms with Gasteiger partial charge >= 0.3 is 0 Å². The summed E-state index contributed by atoms with van der Waals surface area (Å²) in [5, 5.41) is 12.2. The molecule has 0 bridgehead atoms. The van der Waals surface area contributed by atoms with Crippen molar-refractivity contribution in [1.82, 2.24) is 0 Å². The van der Waals surface area contributed by atoms with Crippen molar-refractivity contribution in [3.05, 3.63) is 41.5 Å². The molecule has 1 atom stereocenters. The second-order valence-electron chi connectivity index (χ2n) is 3.41. The Kier molecular flexibility index (Phi) is 8.48. The summed E-state index contributed by atoms with van der Waals surface area (Å²) in [4.78, 5) is 9.37. The van der Waals surface area contributed by atoms with Crippen LogP contribution in [0.4, 0.5) is 5.69 Å². The number of hydrogen-bond acceptors (Lipinski definition) is 3. The molecule has 0 aromatic heterocycles. The first kappa shape index (κ1) is 18.0. The number of hydrogen-bond donors (Lipinski definition) is 1. The Balaban J connectivity index is 0.000000742. The van der Waals surface area contributed by atoms with Crippen molar-refractivity contribution in [2.75, 3.05) is 12.4 Å². The van der Waals surface area contributed by atoms with E-state index in [1.807, 2.05) is 37.4 Å². The monoisotopic (exact) mass is 447 g/mol. The number of carbonyl (C=O) groups is 1. The van der Waals surface area contributed by atoms with Gasteiger partial charge in [-0.2, -0.15) is 0 Å². The van der Waals surface area contributed by atoms with Crippen LogP contribution in [0, 0.1) is 0 Å². The Morgan fingerprint density at radius 1 is 1.16 bits per heavy atom. The number of fused-ring (bicyclic) bond motifs is 1. The first-order chi connectivity index (χ1) is 8.65. The van der Waals surface area contributed by atoms with Crippen molar-refractivity contribution in [3.63, 3.8) is 0 Å². The molecule has 19 heavy (non-hydrogen) atoms. The van der Waals surface area contributed by atoms with Crippen LogP contribution in [-0.4, -0.2) is 17.5 Å². The number of nitrogens with one attached hydrogen (secondary N) is 2. The van der Waals surface area contributed by atoms with Gasteiger partial charge in [-0.1, -0.05) is 24.3 Å². The fraction of sp³-hybridized carbons (Fsp3) is 0.154. The van der Waals surface area contributed by atoms with Crippen LogP contribution in [0.25, 0.3) is 15.9 Å². The summed E-state index contributed by atoms with van der Waals surface area (Å²) in [6.45, 7) is 1.44. The van der Waals surface area contributed by atoms with Crippen LogP contribution in [0.1, 0.15) is 6.92 Å². The third-order valence-electron chi connectivity index (χ3n) is 2.35. The molecule has 2 aromatic carbocycles. The molecular weight excluding hydrogens is 432 g/mol. The third kappa shape index (κ3) is 4.53. The van der Waals surface area contributed by atoms with Crippen molar-refractivity contribution in [2.24, 2.45) is 0 Å². The van der Waals surface area contributed by atoms with E-state index in [1.165, 1.54) is 6.92 Å². The quantitative estimate of drug-likeness (QED) is 0.720. The van der Waals surface area contributed by atoms with E-state index < -0.39 is 11.0 Å². The van der Waals surface area contributed by atoms with Crippen molar-refractivity contribution in [1.29, 1.82) is 0 Å². The molecule has 0 radical (unpaired) electrons. The molecular formula is C13H15N2O2SW-. The smallest absolute Gasteiger partial charge is 0.116 e. The standard InChI is InChI=1S/C11H11N2OS.C2H4O.W/c1-13-10-6-2-5-9-8(10)4-3-7-11(9)15(12)14;1-2-3;/h2-7,12-13H,1H3;2H,1H3;/q-1;;.